The Balaban J connectivity index is 1.92. The second-order valence-corrected chi connectivity index (χ2v) is 4.30. The highest BCUT2D eigenvalue weighted by atomic mass is 32.1. The number of anilines is 2. The van der Waals surface area contributed by atoms with Crippen molar-refractivity contribution in [1.82, 2.24) is 24.9 Å². The Bertz CT molecular complexity index is 645. The van der Waals surface area contributed by atoms with E-state index in [1.165, 1.54) is 0 Å². The highest BCUT2D eigenvalue weighted by molar-refractivity contribution is 7.07. The van der Waals surface area contributed by atoms with Gasteiger partial charge in [0.25, 0.3) is 0 Å². The predicted molar refractivity (Wildman–Crippen MR) is 70.7 cm³/mol. The quantitative estimate of drug-likeness (QED) is 0.658. The standard InChI is InChI=1S/C10H11N7S/c1-11-10-16-8(7-9(17-10)14-4-13-7)12-2-6-3-18-5-15-6/h3-5H,2H2,1H3,(H3,11,12,13,14,16,17). The van der Waals surface area contributed by atoms with Crippen LogP contribution in [-0.4, -0.2) is 32.0 Å². The van der Waals surface area contributed by atoms with Crippen LogP contribution in [0.2, 0.25) is 0 Å². The SMILES string of the molecule is CNc1nc(NCc2cscn2)c2[nH]cnc2n1. The molecule has 3 N–H and O–H groups in total. The Morgan fingerprint density at radius 3 is 3.06 bits per heavy atom. The average molecular weight is 261 g/mol. The summed E-state index contributed by atoms with van der Waals surface area (Å²) in [6.45, 7) is 0.623. The molecule has 0 unspecified atom stereocenters. The van der Waals surface area contributed by atoms with Gasteiger partial charge in [0, 0.05) is 12.4 Å². The number of nitrogens with one attached hydrogen (secondary N) is 3. The molecule has 7 nitrogen and oxygen atoms in total. The maximum absolute atomic E-state index is 4.36. The smallest absolute Gasteiger partial charge is 0.226 e. The van der Waals surface area contributed by atoms with Crippen LogP contribution in [0.1, 0.15) is 5.69 Å². The lowest BCUT2D eigenvalue weighted by Crippen LogP contribution is -2.05. The van der Waals surface area contributed by atoms with Crippen LogP contribution in [0.25, 0.3) is 11.2 Å². The maximum Gasteiger partial charge on any atom is 0.226 e. The average Bonchev–Trinajstić information content (AvgIpc) is 3.06. The van der Waals surface area contributed by atoms with Gasteiger partial charge in [0.15, 0.2) is 11.5 Å². The minimum absolute atomic E-state index is 0.537. The lowest BCUT2D eigenvalue weighted by molar-refractivity contribution is 1.05. The second-order valence-electron chi connectivity index (χ2n) is 3.58. The van der Waals surface area contributed by atoms with Crippen LogP contribution in [0.3, 0.4) is 0 Å². The number of imidazole rings is 1. The zero-order valence-electron chi connectivity index (χ0n) is 9.64. The molecule has 18 heavy (non-hydrogen) atoms. The third-order valence-electron chi connectivity index (χ3n) is 2.43. The van der Waals surface area contributed by atoms with E-state index >= 15 is 0 Å². The van der Waals surface area contributed by atoms with Gasteiger partial charge in [0.2, 0.25) is 5.95 Å². The predicted octanol–water partition coefficient (Wildman–Crippen LogP) is 1.46. The number of aromatic amines is 1. The zero-order valence-corrected chi connectivity index (χ0v) is 10.5. The normalized spacial score (nSPS) is 10.7. The molecule has 0 bridgehead atoms. The highest BCUT2D eigenvalue weighted by Crippen LogP contribution is 2.18. The van der Waals surface area contributed by atoms with Gasteiger partial charge in [-0.3, -0.25) is 0 Å². The summed E-state index contributed by atoms with van der Waals surface area (Å²) in [5.74, 6) is 1.25. The van der Waals surface area contributed by atoms with E-state index in [1.807, 2.05) is 10.9 Å². The molecule has 3 rings (SSSR count). The molecule has 0 aliphatic rings. The van der Waals surface area contributed by atoms with E-state index < -0.39 is 0 Å². The molecule has 8 heteroatoms. The van der Waals surface area contributed by atoms with Gasteiger partial charge in [-0.25, -0.2) is 9.97 Å². The largest absolute Gasteiger partial charge is 0.362 e. The van der Waals surface area contributed by atoms with E-state index in [-0.39, 0.29) is 0 Å². The Hall–Kier alpha value is -2.22. The van der Waals surface area contributed by atoms with Crippen molar-refractivity contribution >= 4 is 34.3 Å². The van der Waals surface area contributed by atoms with Crippen LogP contribution >= 0.6 is 11.3 Å². The van der Waals surface area contributed by atoms with Crippen molar-refractivity contribution in [3.8, 4) is 0 Å². The summed E-state index contributed by atoms with van der Waals surface area (Å²) in [4.78, 5) is 20.0. The number of nitrogens with zero attached hydrogens (tertiary/aromatic N) is 4. The molecule has 0 aliphatic heterocycles. The van der Waals surface area contributed by atoms with Crippen LogP contribution in [0, 0.1) is 0 Å². The molecule has 92 valence electrons. The number of hydrogen-bond acceptors (Lipinski definition) is 7. The van der Waals surface area contributed by atoms with Crippen molar-refractivity contribution in [2.24, 2.45) is 0 Å². The Labute approximate surface area is 107 Å². The van der Waals surface area contributed by atoms with Gasteiger partial charge in [-0.1, -0.05) is 0 Å². The molecule has 3 aromatic heterocycles. The summed E-state index contributed by atoms with van der Waals surface area (Å²) in [6, 6.07) is 0. The van der Waals surface area contributed by atoms with Gasteiger partial charge >= 0.3 is 0 Å². The molecule has 0 aromatic carbocycles. The zero-order chi connectivity index (χ0) is 12.4. The minimum Gasteiger partial charge on any atom is -0.362 e. The Kier molecular flexibility index (Phi) is 2.77. The number of hydrogen-bond donors (Lipinski definition) is 3. The summed E-state index contributed by atoms with van der Waals surface area (Å²) >= 11 is 1.57. The van der Waals surface area contributed by atoms with Crippen molar-refractivity contribution in [1.29, 1.82) is 0 Å². The van der Waals surface area contributed by atoms with Gasteiger partial charge in [-0.2, -0.15) is 9.97 Å². The lowest BCUT2D eigenvalue weighted by Gasteiger charge is -2.06. The fourth-order valence-electron chi connectivity index (χ4n) is 1.57. The highest BCUT2D eigenvalue weighted by Gasteiger charge is 2.09. The summed E-state index contributed by atoms with van der Waals surface area (Å²) in [5, 5.41) is 8.14. The Morgan fingerprint density at radius 1 is 1.33 bits per heavy atom. The third-order valence-corrected chi connectivity index (χ3v) is 3.06. The fourth-order valence-corrected chi connectivity index (χ4v) is 2.13. The van der Waals surface area contributed by atoms with E-state index in [2.05, 4.69) is 35.6 Å². The van der Waals surface area contributed by atoms with Crippen molar-refractivity contribution in [3.05, 3.63) is 22.9 Å². The first-order chi connectivity index (χ1) is 8.86. The van der Waals surface area contributed by atoms with Crippen molar-refractivity contribution < 1.29 is 0 Å². The van der Waals surface area contributed by atoms with Gasteiger partial charge in [0.1, 0.15) is 5.52 Å². The molecule has 0 amide bonds. The van der Waals surface area contributed by atoms with Crippen LogP contribution in [0.5, 0.6) is 0 Å². The molecular weight excluding hydrogens is 250 g/mol. The first kappa shape index (κ1) is 10.9. The summed E-state index contributed by atoms with van der Waals surface area (Å²) in [7, 11) is 1.78. The van der Waals surface area contributed by atoms with Crippen LogP contribution < -0.4 is 10.6 Å². The van der Waals surface area contributed by atoms with E-state index in [1.54, 1.807) is 24.7 Å². The number of rotatable bonds is 4. The van der Waals surface area contributed by atoms with Gasteiger partial charge in [-0.15, -0.1) is 11.3 Å². The molecule has 0 atom stereocenters. The molecule has 0 fully saturated rings. The van der Waals surface area contributed by atoms with Gasteiger partial charge in [-0.05, 0) is 0 Å². The van der Waals surface area contributed by atoms with Gasteiger partial charge < -0.3 is 15.6 Å². The molecule has 0 aliphatic carbocycles. The number of aromatic nitrogens is 5. The molecule has 0 spiro atoms. The number of fused-ring (bicyclic) bond motifs is 1. The summed E-state index contributed by atoms with van der Waals surface area (Å²) in [6.07, 6.45) is 1.60. The van der Waals surface area contributed by atoms with Crippen LogP contribution in [0.15, 0.2) is 17.2 Å². The first-order valence-corrected chi connectivity index (χ1v) is 6.31. The minimum atomic E-state index is 0.537. The van der Waals surface area contributed by atoms with E-state index in [0.29, 0.717) is 18.1 Å². The third kappa shape index (κ3) is 1.97. The van der Waals surface area contributed by atoms with Crippen LogP contribution in [0.4, 0.5) is 11.8 Å². The molecule has 0 radical (unpaired) electrons. The van der Waals surface area contributed by atoms with Crippen molar-refractivity contribution in [2.45, 2.75) is 6.54 Å². The maximum atomic E-state index is 4.36. The second kappa shape index (κ2) is 4.57. The molecule has 0 saturated heterocycles. The molecule has 0 saturated carbocycles. The van der Waals surface area contributed by atoms with E-state index in [0.717, 1.165) is 17.0 Å². The monoisotopic (exact) mass is 261 g/mol. The molecular formula is C10H11N7S. The van der Waals surface area contributed by atoms with E-state index in [9.17, 15) is 0 Å². The fraction of sp³-hybridized carbons (Fsp3) is 0.200. The van der Waals surface area contributed by atoms with Crippen LogP contribution in [-0.2, 0) is 6.54 Å². The summed E-state index contributed by atoms with van der Waals surface area (Å²) in [5.41, 5.74) is 4.22. The summed E-state index contributed by atoms with van der Waals surface area (Å²) < 4.78 is 0. The number of thiazole rings is 1. The number of H-pyrrole nitrogens is 1. The lowest BCUT2D eigenvalue weighted by atomic mass is 10.4. The molecule has 3 heterocycles. The first-order valence-electron chi connectivity index (χ1n) is 5.36. The topological polar surface area (TPSA) is 91.4 Å². The Morgan fingerprint density at radius 2 is 2.28 bits per heavy atom. The molecule has 3 aromatic rings. The van der Waals surface area contributed by atoms with Crippen molar-refractivity contribution in [3.63, 3.8) is 0 Å². The van der Waals surface area contributed by atoms with Gasteiger partial charge in [0.05, 0.1) is 24.1 Å². The van der Waals surface area contributed by atoms with E-state index in [4.69, 9.17) is 0 Å². The van der Waals surface area contributed by atoms with Crippen molar-refractivity contribution in [2.75, 3.05) is 17.7 Å².